The second-order valence-electron chi connectivity index (χ2n) is 26.0. The first-order valence-corrected chi connectivity index (χ1v) is 45.6. The molecular weight excluding hydrogens is 1640 g/mol. The van der Waals surface area contributed by atoms with Crippen LogP contribution in [0, 0.1) is 11.8 Å². The number of carbonyl (C=O) groups excluding carboxylic acids is 4. The Morgan fingerprint density at radius 2 is 1.58 bits per heavy atom. The average molecular weight is 1720 g/mol. The maximum absolute atomic E-state index is 14.4. The molecule has 0 spiro atoms. The van der Waals surface area contributed by atoms with E-state index in [2.05, 4.69) is 67.3 Å². The monoisotopic (exact) mass is 1720 g/mol. The molecule has 6 unspecified atom stereocenters. The molecule has 5 heterocycles. The van der Waals surface area contributed by atoms with Gasteiger partial charge in [-0.05, 0) is 135 Å². The summed E-state index contributed by atoms with van der Waals surface area (Å²) < 4.78 is 150. The average Bonchev–Trinajstić information content (AvgIpc) is 0.862. The summed E-state index contributed by atoms with van der Waals surface area (Å²) in [4.78, 5) is 116. The van der Waals surface area contributed by atoms with E-state index in [9.17, 15) is 78.9 Å². The van der Waals surface area contributed by atoms with Crippen LogP contribution < -0.4 is 41.7 Å². The van der Waals surface area contributed by atoms with Crippen LogP contribution in [0.5, 0.6) is 11.5 Å². The number of anilines is 2. The molecule has 8 atom stereocenters. The van der Waals surface area contributed by atoms with Gasteiger partial charge < -0.3 is 74.6 Å². The lowest BCUT2D eigenvalue weighted by atomic mass is 9.80. The summed E-state index contributed by atoms with van der Waals surface area (Å²) in [6, 6.07) is 23.5. The summed E-state index contributed by atoms with van der Waals surface area (Å²) >= 11 is 0. The topological polar surface area (TPSA) is 544 Å². The van der Waals surface area contributed by atoms with Crippen LogP contribution in [-0.2, 0) is 77.2 Å². The quantitative estimate of drug-likeness (QED) is 0.00220. The van der Waals surface area contributed by atoms with E-state index >= 15 is 0 Å². The number of likely N-dealkylation sites (tertiary alicyclic amines) is 1. The first kappa shape index (κ1) is 88.1. The van der Waals surface area contributed by atoms with E-state index < -0.39 is 117 Å². The van der Waals surface area contributed by atoms with Gasteiger partial charge in [-0.25, -0.2) is 23.3 Å². The van der Waals surface area contributed by atoms with Crippen LogP contribution in [0.25, 0.3) is 16.0 Å². The predicted octanol–water partition coefficient (Wildman–Crippen LogP) is 6.92. The minimum atomic E-state index is -5.93. The number of azide groups is 1. The third kappa shape index (κ3) is 25.1. The van der Waals surface area contributed by atoms with Crippen LogP contribution in [0.2, 0.25) is 0 Å². The summed E-state index contributed by atoms with van der Waals surface area (Å²) in [5, 5.41) is 11.7. The number of aryl methyl sites for hydroxylation is 1. The Balaban J connectivity index is 0.699. The molecule has 0 bridgehead atoms. The highest BCUT2D eigenvalue weighted by Crippen LogP contribution is 2.66. The normalized spacial score (nSPS) is 19.0. The van der Waals surface area contributed by atoms with E-state index in [4.69, 9.17) is 48.5 Å². The van der Waals surface area contributed by atoms with Crippen molar-refractivity contribution in [1.82, 2.24) is 30.4 Å². The van der Waals surface area contributed by atoms with E-state index in [1.54, 1.807) is 42.5 Å². The van der Waals surface area contributed by atoms with Crippen molar-refractivity contribution < 1.29 is 120 Å². The molecule has 1 aromatic heterocycles. The van der Waals surface area contributed by atoms with Gasteiger partial charge in [0.15, 0.2) is 6.23 Å². The number of fused-ring (bicyclic) bond motifs is 4. The first-order chi connectivity index (χ1) is 54.1. The number of amides is 3. The van der Waals surface area contributed by atoms with Crippen molar-refractivity contribution in [3.8, 4) is 23.3 Å². The van der Waals surface area contributed by atoms with Crippen LogP contribution in [0.1, 0.15) is 116 Å². The van der Waals surface area contributed by atoms with Gasteiger partial charge in [0, 0.05) is 95.1 Å². The Kier molecular flexibility index (Phi) is 30.6. The second-order valence-corrected chi connectivity index (χ2v) is 36.4. The number of nitrogens with two attached hydrogens (primary N) is 1. The number of allylic oxidation sites excluding steroid dienone is 1. The highest BCUT2D eigenvalue weighted by Gasteiger charge is 2.45. The number of rotatable bonds is 38. The number of aromatic nitrogens is 2. The number of nitrogen functional groups attached to an aromatic ring is 1. The number of nitrogens with one attached hydrogen (secondary N) is 3. The molecule has 1 aliphatic carbocycles. The van der Waals surface area contributed by atoms with Crippen LogP contribution in [0.4, 0.5) is 11.5 Å². The first-order valence-electron chi connectivity index (χ1n) is 35.2. The van der Waals surface area contributed by atoms with Gasteiger partial charge >= 0.3 is 35.1 Å². The van der Waals surface area contributed by atoms with Gasteiger partial charge in [-0.1, -0.05) is 81.0 Å². The zero-order valence-corrected chi connectivity index (χ0v) is 67.0. The SMILES string of the molecule is CSSC(C)c1ccccc1C(=O)OC1C[C@H](n2cc(C#CCNC(=O)COCCOC(COc3cccc(C(=O)NCCNC(=O)c4ccccc4C4=C5C=C6CCCN(CCCS(=O)(=O)O)C6C=C5Oc5cc6c(cc54)CCCN6CCCS(=O)(=O)O)c3)N=[N+]=[N-])c(N)nc2=O)O[C@@H]1COP(=O)(O)OP(=O)(O)OP(=O)(O)O. The summed E-state index contributed by atoms with van der Waals surface area (Å²) in [6.45, 7) is 1.45. The third-order valence-electron chi connectivity index (χ3n) is 18.0. The highest BCUT2D eigenvalue weighted by molar-refractivity contribution is 8.76. The third-order valence-corrected chi connectivity index (χ3v) is 25.6. The lowest BCUT2D eigenvalue weighted by Crippen LogP contribution is -2.42. The van der Waals surface area contributed by atoms with E-state index in [1.807, 2.05) is 43.5 Å². The zero-order chi connectivity index (χ0) is 82.1. The molecule has 45 heteroatoms. The number of piperidine rings is 1. The molecule has 3 amide bonds. The van der Waals surface area contributed by atoms with Crippen molar-refractivity contribution in [2.24, 2.45) is 5.11 Å². The van der Waals surface area contributed by atoms with Crippen LogP contribution >= 0.6 is 45.1 Å². The molecule has 38 nitrogen and oxygen atoms in total. The molecule has 0 saturated carbocycles. The predicted molar refractivity (Wildman–Crippen MR) is 416 cm³/mol. The molecule has 5 aliphatic rings. The van der Waals surface area contributed by atoms with Crippen molar-refractivity contribution in [2.45, 2.75) is 87.8 Å². The van der Waals surface area contributed by atoms with Gasteiger partial charge in [0.1, 0.15) is 54.7 Å². The van der Waals surface area contributed by atoms with Gasteiger partial charge in [-0.3, -0.25) is 37.5 Å². The van der Waals surface area contributed by atoms with Gasteiger partial charge in [0.25, 0.3) is 32.1 Å². The standard InChI is InChI=1S/C69H82N11O27P3S4/c1-43(112-111-2)49-18-3-6-21-52(49)68(84)105-59-38-63(104-60(59)40-102-109(89,90)107-110(91,92)106-108(86,87)88)80-39-47(65(70)75-69(80)85)14-8-22-72-61(81)41-99-29-30-100-62(76-77-71)42-101-48-17-7-13-46(33-48)66(82)73-23-24-74-67(83)51-20-5-4-19-50(51)64-53-34-44-15-9-25-78(27-11-31-113(93,94)95)55(44)36-57(53)103-58-37-56-45(35-54(58)64)16-10-26-79(56)28-12-32-114(96,97)98/h3-7,13,17-21,33-37,39,43,55,59-60,62-63H,9-12,15-16,22-32,38,40-42H2,1-2H3,(H,72,81)(H,73,82)(H,74,83)(H,89,90)(H,91,92)(H2,70,75,85)(H2,86,87,88)(H,93,94,95)(H,96,97,98)/t43?,55?,59?,60-,62?,63-/m1/s1. The molecule has 614 valence electrons. The maximum atomic E-state index is 14.4. The van der Waals surface area contributed by atoms with Crippen molar-refractivity contribution in [1.29, 1.82) is 0 Å². The fourth-order valence-electron chi connectivity index (χ4n) is 13.1. The number of phosphoric ester groups is 1. The van der Waals surface area contributed by atoms with Crippen LogP contribution in [0.3, 0.4) is 0 Å². The van der Waals surface area contributed by atoms with Crippen molar-refractivity contribution in [2.75, 3.05) is 107 Å². The minimum Gasteiger partial charge on any atom is -0.491 e. The Hall–Kier alpha value is -8.30. The Morgan fingerprint density at radius 1 is 0.860 bits per heavy atom. The zero-order valence-electron chi connectivity index (χ0n) is 61.1. The van der Waals surface area contributed by atoms with Crippen molar-refractivity contribution in [3.63, 3.8) is 0 Å². The van der Waals surface area contributed by atoms with E-state index in [-0.39, 0.29) is 104 Å². The Morgan fingerprint density at radius 3 is 2.32 bits per heavy atom. The number of hydrogen-bond donors (Lipinski definition) is 10. The number of nitrogens with zero attached hydrogens (tertiary/aromatic N) is 7. The molecule has 114 heavy (non-hydrogen) atoms. The number of phosphoric acid groups is 3. The van der Waals surface area contributed by atoms with E-state index in [1.165, 1.54) is 39.8 Å². The van der Waals surface area contributed by atoms with E-state index in [0.29, 0.717) is 60.8 Å². The van der Waals surface area contributed by atoms with Gasteiger partial charge in [0.2, 0.25) is 5.91 Å². The number of hydrogen-bond acceptors (Lipinski definition) is 28. The molecule has 0 radical (unpaired) electrons. The summed E-state index contributed by atoms with van der Waals surface area (Å²) in [5.41, 5.74) is 21.2. The number of ether oxygens (including phenoxy) is 6. The fraction of sp³-hybridized carbons (Fsp3) is 0.420. The largest absolute Gasteiger partial charge is 0.491 e. The molecule has 10 rings (SSSR count). The summed E-state index contributed by atoms with van der Waals surface area (Å²) in [6.07, 6.45) is 4.61. The molecule has 11 N–H and O–H groups in total. The van der Waals surface area contributed by atoms with Crippen molar-refractivity contribution >= 4 is 106 Å². The van der Waals surface area contributed by atoms with Gasteiger partial charge in [0.05, 0.1) is 55.0 Å². The molecule has 2 saturated heterocycles. The van der Waals surface area contributed by atoms with Crippen LogP contribution in [0.15, 0.2) is 130 Å². The maximum Gasteiger partial charge on any atom is 0.490 e. The molecular formula is C69H82N11O27P3S4. The number of carbonyl (C=O) groups is 4. The second kappa shape index (κ2) is 39.6. The van der Waals surface area contributed by atoms with E-state index in [0.717, 1.165) is 63.6 Å². The lowest BCUT2D eigenvalue weighted by molar-refractivity contribution is -0.126. The fourth-order valence-corrected chi connectivity index (χ4v) is 18.9. The summed E-state index contributed by atoms with van der Waals surface area (Å²) in [5.74, 6) is 2.98. The Bertz CT molecular complexity index is 5110. The highest BCUT2D eigenvalue weighted by atomic mass is 33.1. The molecule has 2 fully saturated rings. The minimum absolute atomic E-state index is 0.00588. The van der Waals surface area contributed by atoms with Gasteiger partial charge in [-0.15, -0.1) is 0 Å². The number of esters is 1. The van der Waals surface area contributed by atoms with Gasteiger partial charge in [-0.2, -0.15) is 30.4 Å². The van der Waals surface area contributed by atoms with Crippen LogP contribution in [-0.4, -0.2) is 205 Å². The van der Waals surface area contributed by atoms with Crippen molar-refractivity contribution in [3.05, 3.63) is 186 Å². The lowest BCUT2D eigenvalue weighted by Gasteiger charge is -2.40. The Labute approximate surface area is 661 Å². The molecule has 5 aromatic rings. The smallest absolute Gasteiger partial charge is 0.490 e. The molecule has 4 aromatic carbocycles. The summed E-state index contributed by atoms with van der Waals surface area (Å²) in [7, 11) is -22.8. The molecule has 4 aliphatic heterocycles. The number of benzene rings is 4.